The van der Waals surface area contributed by atoms with Crippen molar-refractivity contribution in [2.24, 2.45) is 5.90 Å². The molecule has 3 N–H and O–H groups in total. The molecule has 0 aliphatic heterocycles. The molecule has 0 bridgehead atoms. The second kappa shape index (κ2) is 2.32. The monoisotopic (exact) mass is 153 g/mol. The zero-order valence-electron chi connectivity index (χ0n) is 6.21. The van der Waals surface area contributed by atoms with Gasteiger partial charge < -0.3 is 4.84 Å². The quantitative estimate of drug-likeness (QED) is 0.615. The van der Waals surface area contributed by atoms with Crippen LogP contribution in [-0.2, 0) is 10.3 Å². The highest BCUT2D eigenvalue weighted by Gasteiger charge is 2.45. The first-order valence-electron chi connectivity index (χ1n) is 3.68. The predicted octanol–water partition coefficient (Wildman–Crippen LogP) is 0.332. The van der Waals surface area contributed by atoms with Crippen LogP contribution in [0.25, 0.3) is 0 Å². The number of nitrogens with one attached hydrogen (secondary N) is 1. The number of hydrogen-bond donors (Lipinski definition) is 2. The molecule has 11 heavy (non-hydrogen) atoms. The highest BCUT2D eigenvalue weighted by atomic mass is 16.6. The van der Waals surface area contributed by atoms with E-state index in [0.717, 1.165) is 12.8 Å². The van der Waals surface area contributed by atoms with E-state index in [1.807, 2.05) is 12.4 Å². The summed E-state index contributed by atoms with van der Waals surface area (Å²) < 4.78 is 0. The summed E-state index contributed by atoms with van der Waals surface area (Å²) in [7, 11) is 0. The summed E-state index contributed by atoms with van der Waals surface area (Å²) >= 11 is 0. The minimum Gasteiger partial charge on any atom is -0.304 e. The molecule has 0 atom stereocenters. The van der Waals surface area contributed by atoms with Crippen molar-refractivity contribution in [3.8, 4) is 0 Å². The lowest BCUT2D eigenvalue weighted by atomic mass is 10.0. The van der Waals surface area contributed by atoms with Crippen LogP contribution in [-0.4, -0.2) is 16.8 Å². The third kappa shape index (κ3) is 1.04. The summed E-state index contributed by atoms with van der Waals surface area (Å²) in [6, 6.07) is 0. The van der Waals surface area contributed by atoms with Crippen LogP contribution in [0.3, 0.4) is 0 Å². The minimum atomic E-state index is 0.182. The average molecular weight is 153 g/mol. The van der Waals surface area contributed by atoms with Gasteiger partial charge in [0.25, 0.3) is 0 Å². The average Bonchev–Trinajstić information content (AvgIpc) is 2.63. The van der Waals surface area contributed by atoms with Gasteiger partial charge in [-0.15, -0.1) is 0 Å². The van der Waals surface area contributed by atoms with Crippen LogP contribution >= 0.6 is 0 Å². The predicted molar refractivity (Wildman–Crippen MR) is 39.6 cm³/mol. The second-order valence-corrected chi connectivity index (χ2v) is 3.08. The normalized spacial score (nSPS) is 20.1. The molecule has 0 amide bonds. The summed E-state index contributed by atoms with van der Waals surface area (Å²) in [5.41, 5.74) is 1.39. The smallest absolute Gasteiger partial charge is 0.0777 e. The Morgan fingerprint density at radius 2 is 2.55 bits per heavy atom. The second-order valence-electron chi connectivity index (χ2n) is 3.08. The van der Waals surface area contributed by atoms with Crippen molar-refractivity contribution >= 4 is 0 Å². The van der Waals surface area contributed by atoms with E-state index in [2.05, 4.69) is 15.0 Å². The standard InChI is InChI=1S/C7H11N3O/c8-11-5-7(1-2-7)6-3-9-10-4-6/h3-4H,1-2,5,8H2,(H,9,10). The molecular weight excluding hydrogens is 142 g/mol. The molecule has 1 fully saturated rings. The maximum atomic E-state index is 5.03. The first-order valence-corrected chi connectivity index (χ1v) is 3.68. The van der Waals surface area contributed by atoms with Gasteiger partial charge in [-0.1, -0.05) is 0 Å². The molecule has 2 rings (SSSR count). The van der Waals surface area contributed by atoms with Gasteiger partial charge in [0.2, 0.25) is 0 Å². The van der Waals surface area contributed by atoms with Crippen molar-refractivity contribution in [2.45, 2.75) is 18.3 Å². The van der Waals surface area contributed by atoms with Crippen molar-refractivity contribution in [1.82, 2.24) is 10.2 Å². The van der Waals surface area contributed by atoms with Crippen LogP contribution in [0.15, 0.2) is 12.4 Å². The lowest BCUT2D eigenvalue weighted by Crippen LogP contribution is -2.17. The van der Waals surface area contributed by atoms with Gasteiger partial charge >= 0.3 is 0 Å². The van der Waals surface area contributed by atoms with E-state index < -0.39 is 0 Å². The summed E-state index contributed by atoms with van der Waals surface area (Å²) in [4.78, 5) is 4.65. The lowest BCUT2D eigenvalue weighted by molar-refractivity contribution is 0.116. The van der Waals surface area contributed by atoms with Gasteiger partial charge in [-0.25, -0.2) is 5.90 Å². The third-order valence-electron chi connectivity index (χ3n) is 2.32. The Balaban J connectivity index is 2.15. The SMILES string of the molecule is NOCC1(c2cn[nH]c2)CC1. The summed E-state index contributed by atoms with van der Waals surface area (Å²) in [5, 5.41) is 6.68. The van der Waals surface area contributed by atoms with Crippen LogP contribution in [0.1, 0.15) is 18.4 Å². The largest absolute Gasteiger partial charge is 0.304 e. The number of aromatic amines is 1. The molecular formula is C7H11N3O. The van der Waals surface area contributed by atoms with Gasteiger partial charge in [0.1, 0.15) is 0 Å². The number of H-pyrrole nitrogens is 1. The highest BCUT2D eigenvalue weighted by molar-refractivity contribution is 5.26. The number of aromatic nitrogens is 2. The Hall–Kier alpha value is -0.870. The maximum absolute atomic E-state index is 5.03. The molecule has 4 heteroatoms. The first kappa shape index (κ1) is 6.82. The number of hydrogen-bond acceptors (Lipinski definition) is 3. The minimum absolute atomic E-state index is 0.182. The molecule has 1 aromatic heterocycles. The molecule has 0 saturated heterocycles. The van der Waals surface area contributed by atoms with Crippen molar-refractivity contribution in [3.05, 3.63) is 18.0 Å². The fraction of sp³-hybridized carbons (Fsp3) is 0.571. The van der Waals surface area contributed by atoms with Crippen LogP contribution in [0.2, 0.25) is 0 Å². The van der Waals surface area contributed by atoms with Gasteiger partial charge in [-0.05, 0) is 18.4 Å². The van der Waals surface area contributed by atoms with E-state index >= 15 is 0 Å². The van der Waals surface area contributed by atoms with Gasteiger partial charge in [0.05, 0.1) is 12.8 Å². The molecule has 60 valence electrons. The molecule has 0 radical (unpaired) electrons. The van der Waals surface area contributed by atoms with Crippen molar-refractivity contribution in [1.29, 1.82) is 0 Å². The van der Waals surface area contributed by atoms with Crippen molar-refractivity contribution in [3.63, 3.8) is 0 Å². The number of rotatable bonds is 3. The molecule has 1 aromatic rings. The molecule has 0 aromatic carbocycles. The van der Waals surface area contributed by atoms with Crippen molar-refractivity contribution in [2.75, 3.05) is 6.61 Å². The molecule has 0 unspecified atom stereocenters. The Morgan fingerprint density at radius 1 is 1.73 bits per heavy atom. The van der Waals surface area contributed by atoms with E-state index in [0.29, 0.717) is 6.61 Å². The van der Waals surface area contributed by atoms with E-state index in [4.69, 9.17) is 5.90 Å². The molecule has 4 nitrogen and oxygen atoms in total. The van der Waals surface area contributed by atoms with E-state index in [9.17, 15) is 0 Å². The summed E-state index contributed by atoms with van der Waals surface area (Å²) in [6.45, 7) is 0.604. The fourth-order valence-electron chi connectivity index (χ4n) is 1.37. The molecule has 0 spiro atoms. The van der Waals surface area contributed by atoms with Crippen LogP contribution < -0.4 is 5.90 Å². The van der Waals surface area contributed by atoms with E-state index in [-0.39, 0.29) is 5.41 Å². The molecule has 1 heterocycles. The van der Waals surface area contributed by atoms with Crippen LogP contribution in [0.5, 0.6) is 0 Å². The lowest BCUT2D eigenvalue weighted by Gasteiger charge is -2.09. The van der Waals surface area contributed by atoms with Gasteiger partial charge in [-0.3, -0.25) is 5.10 Å². The van der Waals surface area contributed by atoms with E-state index in [1.54, 1.807) is 0 Å². The molecule has 1 aliphatic rings. The Labute approximate surface area is 64.7 Å². The highest BCUT2D eigenvalue weighted by Crippen LogP contribution is 2.47. The van der Waals surface area contributed by atoms with Crippen molar-refractivity contribution < 1.29 is 4.84 Å². The Kier molecular flexibility index (Phi) is 1.44. The molecule has 1 saturated carbocycles. The number of nitrogens with zero attached hydrogens (tertiary/aromatic N) is 1. The fourth-order valence-corrected chi connectivity index (χ4v) is 1.37. The summed E-state index contributed by atoms with van der Waals surface area (Å²) in [6.07, 6.45) is 6.06. The van der Waals surface area contributed by atoms with Gasteiger partial charge in [-0.2, -0.15) is 5.10 Å². The van der Waals surface area contributed by atoms with Crippen LogP contribution in [0, 0.1) is 0 Å². The number of nitrogens with two attached hydrogens (primary N) is 1. The third-order valence-corrected chi connectivity index (χ3v) is 2.32. The Morgan fingerprint density at radius 3 is 3.00 bits per heavy atom. The molecule has 1 aliphatic carbocycles. The summed E-state index contributed by atoms with van der Waals surface area (Å²) in [5.74, 6) is 5.03. The zero-order chi connectivity index (χ0) is 7.73. The van der Waals surface area contributed by atoms with Crippen LogP contribution in [0.4, 0.5) is 0 Å². The Bertz CT molecular complexity index is 228. The topological polar surface area (TPSA) is 63.9 Å². The zero-order valence-corrected chi connectivity index (χ0v) is 6.21. The maximum Gasteiger partial charge on any atom is 0.0777 e. The van der Waals surface area contributed by atoms with Gasteiger partial charge in [0, 0.05) is 11.6 Å². The van der Waals surface area contributed by atoms with E-state index in [1.165, 1.54) is 5.56 Å². The first-order chi connectivity index (χ1) is 5.37. The van der Waals surface area contributed by atoms with Gasteiger partial charge in [0.15, 0.2) is 0 Å².